The number of nitrogens with one attached hydrogen (secondary N) is 2. The second-order valence-corrected chi connectivity index (χ2v) is 6.93. The van der Waals surface area contributed by atoms with Gasteiger partial charge in [0.15, 0.2) is 0 Å². The fourth-order valence-corrected chi connectivity index (χ4v) is 4.01. The smallest absolute Gasteiger partial charge is 0.326 e. The molecule has 0 saturated carbocycles. The number of piperazine rings is 1. The summed E-state index contributed by atoms with van der Waals surface area (Å²) in [5, 5.41) is 3.40. The molecule has 2 N–H and O–H groups in total. The highest BCUT2D eigenvalue weighted by molar-refractivity contribution is 5.80. The predicted octanol–water partition coefficient (Wildman–Crippen LogP) is 0.226. The van der Waals surface area contributed by atoms with Crippen LogP contribution in [0.15, 0.2) is 29.1 Å². The molecule has 2 saturated heterocycles. The van der Waals surface area contributed by atoms with E-state index in [9.17, 15) is 9.59 Å². The Kier molecular flexibility index (Phi) is 4.59. The van der Waals surface area contributed by atoms with E-state index in [1.807, 2.05) is 29.2 Å². The second-order valence-electron chi connectivity index (χ2n) is 6.93. The van der Waals surface area contributed by atoms with Crippen LogP contribution in [0.1, 0.15) is 12.8 Å². The molecule has 134 valence electrons. The molecule has 2 fully saturated rings. The monoisotopic (exact) mass is 343 g/mol. The van der Waals surface area contributed by atoms with Crippen molar-refractivity contribution >= 4 is 16.9 Å². The van der Waals surface area contributed by atoms with Gasteiger partial charge in [-0.05, 0) is 38.1 Å². The van der Waals surface area contributed by atoms with Crippen molar-refractivity contribution in [3.05, 3.63) is 34.7 Å². The number of hydrogen-bond acceptors (Lipinski definition) is 4. The van der Waals surface area contributed by atoms with Crippen LogP contribution in [0.2, 0.25) is 0 Å². The maximum Gasteiger partial charge on any atom is 0.326 e. The molecule has 0 unspecified atom stereocenters. The minimum Gasteiger partial charge on any atom is -0.339 e. The van der Waals surface area contributed by atoms with Crippen molar-refractivity contribution in [3.8, 4) is 0 Å². The number of rotatable bonds is 3. The SMILES string of the molecule is O=C(Cn1c(=O)[nH]c2ccccc21)N1CCN(C2CCNCC2)CC1. The topological polar surface area (TPSA) is 73.4 Å². The second kappa shape index (κ2) is 7.01. The average Bonchev–Trinajstić information content (AvgIpc) is 2.98. The third kappa shape index (κ3) is 3.34. The lowest BCUT2D eigenvalue weighted by molar-refractivity contribution is -0.134. The molecular formula is C18H25N5O2. The van der Waals surface area contributed by atoms with Crippen molar-refractivity contribution in [1.29, 1.82) is 0 Å². The van der Waals surface area contributed by atoms with Crippen LogP contribution in [0.3, 0.4) is 0 Å². The Hall–Kier alpha value is -2.12. The lowest BCUT2D eigenvalue weighted by Crippen LogP contribution is -2.54. The number of aromatic amines is 1. The van der Waals surface area contributed by atoms with Crippen LogP contribution in [0.5, 0.6) is 0 Å². The number of carbonyl (C=O) groups excluding carboxylic acids is 1. The Labute approximate surface area is 146 Å². The van der Waals surface area contributed by atoms with Gasteiger partial charge in [-0.2, -0.15) is 0 Å². The molecule has 1 amide bonds. The molecule has 2 aliphatic heterocycles. The standard InChI is InChI=1S/C18H25N5O2/c24-17(13-23-16-4-2-1-3-15(16)20-18(23)25)22-11-9-21(10-12-22)14-5-7-19-8-6-14/h1-4,14,19H,5-13H2,(H,20,25). The highest BCUT2D eigenvalue weighted by atomic mass is 16.2. The zero-order valence-corrected chi connectivity index (χ0v) is 14.4. The third-order valence-electron chi connectivity index (χ3n) is 5.47. The molecule has 25 heavy (non-hydrogen) atoms. The number of piperidine rings is 1. The van der Waals surface area contributed by atoms with Gasteiger partial charge in [-0.15, -0.1) is 0 Å². The zero-order chi connectivity index (χ0) is 17.2. The number of fused-ring (bicyclic) bond motifs is 1. The Bertz CT molecular complexity index is 797. The first kappa shape index (κ1) is 16.4. The number of hydrogen-bond donors (Lipinski definition) is 2. The number of carbonyl (C=O) groups is 1. The number of nitrogens with zero attached hydrogens (tertiary/aromatic N) is 3. The van der Waals surface area contributed by atoms with Gasteiger partial charge in [0.1, 0.15) is 6.54 Å². The number of amides is 1. The number of benzene rings is 1. The van der Waals surface area contributed by atoms with E-state index < -0.39 is 0 Å². The molecule has 4 rings (SSSR count). The fraction of sp³-hybridized carbons (Fsp3) is 0.556. The normalized spacial score (nSPS) is 20.2. The molecule has 3 heterocycles. The van der Waals surface area contributed by atoms with Crippen LogP contribution in [0, 0.1) is 0 Å². The molecule has 0 atom stereocenters. The molecular weight excluding hydrogens is 318 g/mol. The van der Waals surface area contributed by atoms with E-state index in [1.165, 1.54) is 17.4 Å². The summed E-state index contributed by atoms with van der Waals surface area (Å²) in [6.07, 6.45) is 2.39. The van der Waals surface area contributed by atoms with Gasteiger partial charge in [0, 0.05) is 32.2 Å². The van der Waals surface area contributed by atoms with Crippen molar-refractivity contribution in [2.75, 3.05) is 39.3 Å². The maximum absolute atomic E-state index is 12.7. The summed E-state index contributed by atoms with van der Waals surface area (Å²) in [4.78, 5) is 32.0. The maximum atomic E-state index is 12.7. The number of H-pyrrole nitrogens is 1. The Morgan fingerprint density at radius 1 is 1.08 bits per heavy atom. The molecule has 2 aromatic rings. The van der Waals surface area contributed by atoms with E-state index in [0.29, 0.717) is 6.04 Å². The Balaban J connectivity index is 1.39. The van der Waals surface area contributed by atoms with Gasteiger partial charge in [-0.1, -0.05) is 12.1 Å². The summed E-state index contributed by atoms with van der Waals surface area (Å²) in [6, 6.07) is 8.14. The van der Waals surface area contributed by atoms with Gasteiger partial charge in [0.05, 0.1) is 11.0 Å². The average molecular weight is 343 g/mol. The zero-order valence-electron chi connectivity index (χ0n) is 14.4. The molecule has 0 spiro atoms. The molecule has 1 aromatic carbocycles. The molecule has 7 nitrogen and oxygen atoms in total. The van der Waals surface area contributed by atoms with Crippen LogP contribution in [-0.4, -0.2) is 70.6 Å². The van der Waals surface area contributed by atoms with Crippen molar-refractivity contribution in [1.82, 2.24) is 24.7 Å². The highest BCUT2D eigenvalue weighted by Crippen LogP contribution is 2.15. The van der Waals surface area contributed by atoms with Crippen LogP contribution in [0.4, 0.5) is 0 Å². The first-order valence-corrected chi connectivity index (χ1v) is 9.12. The lowest BCUT2D eigenvalue weighted by Gasteiger charge is -2.40. The Morgan fingerprint density at radius 3 is 2.56 bits per heavy atom. The quantitative estimate of drug-likeness (QED) is 0.837. The van der Waals surface area contributed by atoms with Gasteiger partial charge in [0.25, 0.3) is 0 Å². The largest absolute Gasteiger partial charge is 0.339 e. The fourth-order valence-electron chi connectivity index (χ4n) is 4.01. The van der Waals surface area contributed by atoms with Gasteiger partial charge < -0.3 is 15.2 Å². The summed E-state index contributed by atoms with van der Waals surface area (Å²) < 4.78 is 1.54. The van der Waals surface area contributed by atoms with Crippen molar-refractivity contribution < 1.29 is 4.79 Å². The summed E-state index contributed by atoms with van der Waals surface area (Å²) >= 11 is 0. The summed E-state index contributed by atoms with van der Waals surface area (Å²) in [7, 11) is 0. The first-order valence-electron chi connectivity index (χ1n) is 9.12. The lowest BCUT2D eigenvalue weighted by atomic mass is 10.0. The van der Waals surface area contributed by atoms with E-state index in [4.69, 9.17) is 0 Å². The van der Waals surface area contributed by atoms with Crippen LogP contribution in [-0.2, 0) is 11.3 Å². The van der Waals surface area contributed by atoms with Crippen molar-refractivity contribution in [2.45, 2.75) is 25.4 Å². The molecule has 0 radical (unpaired) electrons. The molecule has 2 aliphatic rings. The Morgan fingerprint density at radius 2 is 1.80 bits per heavy atom. The number of para-hydroxylation sites is 2. The summed E-state index contributed by atoms with van der Waals surface area (Å²) in [5.41, 5.74) is 1.34. The minimum atomic E-state index is -0.220. The third-order valence-corrected chi connectivity index (χ3v) is 5.47. The summed E-state index contributed by atoms with van der Waals surface area (Å²) in [6.45, 7) is 5.65. The number of aromatic nitrogens is 2. The number of imidazole rings is 1. The van der Waals surface area contributed by atoms with Crippen LogP contribution >= 0.6 is 0 Å². The van der Waals surface area contributed by atoms with Gasteiger partial charge in [0.2, 0.25) is 5.91 Å². The van der Waals surface area contributed by atoms with Crippen LogP contribution < -0.4 is 11.0 Å². The van der Waals surface area contributed by atoms with E-state index in [2.05, 4.69) is 15.2 Å². The van der Waals surface area contributed by atoms with Crippen molar-refractivity contribution in [3.63, 3.8) is 0 Å². The molecule has 0 bridgehead atoms. The molecule has 1 aromatic heterocycles. The summed E-state index contributed by atoms with van der Waals surface area (Å²) in [5.74, 6) is 0.0248. The van der Waals surface area contributed by atoms with Gasteiger partial charge in [-0.25, -0.2) is 4.79 Å². The molecule has 7 heteroatoms. The highest BCUT2D eigenvalue weighted by Gasteiger charge is 2.27. The van der Waals surface area contributed by atoms with E-state index in [0.717, 1.165) is 50.3 Å². The first-order chi connectivity index (χ1) is 12.2. The van der Waals surface area contributed by atoms with Gasteiger partial charge >= 0.3 is 5.69 Å². The van der Waals surface area contributed by atoms with E-state index in [-0.39, 0.29) is 18.1 Å². The predicted molar refractivity (Wildman–Crippen MR) is 96.6 cm³/mol. The van der Waals surface area contributed by atoms with E-state index >= 15 is 0 Å². The van der Waals surface area contributed by atoms with E-state index in [1.54, 1.807) is 0 Å². The van der Waals surface area contributed by atoms with Crippen LogP contribution in [0.25, 0.3) is 11.0 Å². The van der Waals surface area contributed by atoms with Gasteiger partial charge in [-0.3, -0.25) is 14.3 Å². The minimum absolute atomic E-state index is 0.0248. The molecule has 0 aliphatic carbocycles. The van der Waals surface area contributed by atoms with Crippen molar-refractivity contribution in [2.24, 2.45) is 0 Å².